The molecule has 1 amide bonds. The molecule has 0 aliphatic rings. The maximum atomic E-state index is 12.0. The third-order valence-corrected chi connectivity index (χ3v) is 5.56. The fourth-order valence-electron chi connectivity index (χ4n) is 3.47. The highest BCUT2D eigenvalue weighted by Gasteiger charge is 2.10. The molecule has 136 valence electrons. The molecule has 0 atom stereocenters. The molecule has 6 nitrogen and oxygen atoms in total. The number of hydrazone groups is 1. The zero-order valence-corrected chi connectivity index (χ0v) is 15.5. The number of amides is 1. The van der Waals surface area contributed by atoms with Crippen LogP contribution in [0.5, 0.6) is 0 Å². The molecule has 1 heterocycles. The molecule has 0 aliphatic carbocycles. The number of nitrogens with zero attached hydrogens (tertiary/aromatic N) is 3. The lowest BCUT2D eigenvalue weighted by Crippen LogP contribution is -2.19. The van der Waals surface area contributed by atoms with E-state index in [4.69, 9.17) is 0 Å². The minimum atomic E-state index is -0.199. The lowest BCUT2D eigenvalue weighted by atomic mass is 9.92. The van der Waals surface area contributed by atoms with Crippen LogP contribution in [-0.4, -0.2) is 33.1 Å². The first-order valence-corrected chi connectivity index (χ1v) is 9.75. The maximum absolute atomic E-state index is 12.0. The van der Waals surface area contributed by atoms with E-state index in [1.165, 1.54) is 45.0 Å². The lowest BCUT2D eigenvalue weighted by molar-refractivity contribution is -0.118. The van der Waals surface area contributed by atoms with Crippen molar-refractivity contribution < 1.29 is 4.79 Å². The molecule has 4 aromatic carbocycles. The Morgan fingerprint density at radius 3 is 2.57 bits per heavy atom. The molecule has 0 unspecified atom stereocenters. The maximum Gasteiger partial charge on any atom is 0.250 e. The number of thioether (sulfide) groups is 1. The van der Waals surface area contributed by atoms with Gasteiger partial charge in [-0.15, -0.1) is 0 Å². The lowest BCUT2D eigenvalue weighted by Gasteiger charge is -2.12. The summed E-state index contributed by atoms with van der Waals surface area (Å²) in [6, 6.07) is 19.0. The SMILES string of the molecule is O=C(CSc1ncn[nH]1)NN=Cc1ccc2ccc3cccc4ccc1c2c34. The van der Waals surface area contributed by atoms with Gasteiger partial charge in [0.15, 0.2) is 5.16 Å². The van der Waals surface area contributed by atoms with Crippen LogP contribution in [0.4, 0.5) is 0 Å². The monoisotopic (exact) mass is 385 g/mol. The van der Waals surface area contributed by atoms with Gasteiger partial charge in [0.1, 0.15) is 6.33 Å². The summed E-state index contributed by atoms with van der Waals surface area (Å²) >= 11 is 1.27. The highest BCUT2D eigenvalue weighted by Crippen LogP contribution is 2.35. The number of H-pyrrole nitrogens is 1. The van der Waals surface area contributed by atoms with Crippen LogP contribution in [0.3, 0.4) is 0 Å². The van der Waals surface area contributed by atoms with Gasteiger partial charge in [-0.3, -0.25) is 9.89 Å². The summed E-state index contributed by atoms with van der Waals surface area (Å²) in [7, 11) is 0. The second kappa shape index (κ2) is 6.94. The fraction of sp³-hybridized carbons (Fsp3) is 0.0476. The van der Waals surface area contributed by atoms with Gasteiger partial charge in [0.25, 0.3) is 5.91 Å². The molecule has 2 N–H and O–H groups in total. The van der Waals surface area contributed by atoms with Gasteiger partial charge in [-0.2, -0.15) is 10.2 Å². The van der Waals surface area contributed by atoms with Gasteiger partial charge in [0.2, 0.25) is 0 Å². The number of rotatable bonds is 5. The van der Waals surface area contributed by atoms with Crippen LogP contribution in [0.2, 0.25) is 0 Å². The molecule has 0 saturated carbocycles. The first-order chi connectivity index (χ1) is 13.8. The van der Waals surface area contributed by atoms with Gasteiger partial charge in [0, 0.05) is 5.56 Å². The van der Waals surface area contributed by atoms with Crippen molar-refractivity contribution >= 4 is 56.2 Å². The minimum absolute atomic E-state index is 0.199. The summed E-state index contributed by atoms with van der Waals surface area (Å²) in [5, 5.41) is 18.5. The number of carbonyl (C=O) groups excluding carboxylic acids is 1. The van der Waals surface area contributed by atoms with E-state index in [0.29, 0.717) is 5.16 Å². The summed E-state index contributed by atoms with van der Waals surface area (Å²) in [4.78, 5) is 15.9. The van der Waals surface area contributed by atoms with Crippen LogP contribution in [0.25, 0.3) is 32.3 Å². The molecule has 7 heteroatoms. The first-order valence-electron chi connectivity index (χ1n) is 8.76. The fourth-order valence-corrected chi connectivity index (χ4v) is 4.05. The summed E-state index contributed by atoms with van der Waals surface area (Å²) in [5.74, 6) is 0.0146. The Morgan fingerprint density at radius 1 is 1.04 bits per heavy atom. The molecule has 5 aromatic rings. The summed E-state index contributed by atoms with van der Waals surface area (Å²) < 4.78 is 0. The number of hydrogen-bond donors (Lipinski definition) is 2. The molecule has 0 aliphatic heterocycles. The van der Waals surface area contributed by atoms with Crippen LogP contribution >= 0.6 is 11.8 Å². The van der Waals surface area contributed by atoms with Gasteiger partial charge in [-0.05, 0) is 32.3 Å². The van der Waals surface area contributed by atoms with E-state index < -0.39 is 0 Å². The summed E-state index contributed by atoms with van der Waals surface area (Å²) in [5.41, 5.74) is 3.54. The Labute approximate surface area is 164 Å². The summed E-state index contributed by atoms with van der Waals surface area (Å²) in [6.07, 6.45) is 3.11. The molecule has 0 bridgehead atoms. The van der Waals surface area contributed by atoms with Crippen molar-refractivity contribution in [3.05, 3.63) is 66.5 Å². The second-order valence-electron chi connectivity index (χ2n) is 6.38. The largest absolute Gasteiger partial charge is 0.272 e. The predicted molar refractivity (Wildman–Crippen MR) is 113 cm³/mol. The number of nitrogens with one attached hydrogen (secondary N) is 2. The standard InChI is InChI=1S/C21H15N5OS/c27-18(11-28-21-22-12-24-26-21)25-23-10-16-7-6-15-5-4-13-2-1-3-14-8-9-17(16)20(15)19(13)14/h1-10,12H,11H2,(H,25,27)(H,22,24,26). The molecule has 0 fully saturated rings. The Hall–Kier alpha value is -3.45. The van der Waals surface area contributed by atoms with Gasteiger partial charge in [-0.25, -0.2) is 10.4 Å². The Morgan fingerprint density at radius 2 is 1.79 bits per heavy atom. The van der Waals surface area contributed by atoms with Crippen molar-refractivity contribution in [1.82, 2.24) is 20.6 Å². The van der Waals surface area contributed by atoms with Crippen molar-refractivity contribution in [2.45, 2.75) is 5.16 Å². The quantitative estimate of drug-likeness (QED) is 0.208. The van der Waals surface area contributed by atoms with E-state index in [2.05, 4.69) is 74.2 Å². The second-order valence-corrected chi connectivity index (χ2v) is 7.35. The minimum Gasteiger partial charge on any atom is -0.272 e. The Kier molecular flexibility index (Phi) is 4.14. The zero-order chi connectivity index (χ0) is 18.9. The highest BCUT2D eigenvalue weighted by atomic mass is 32.2. The smallest absolute Gasteiger partial charge is 0.250 e. The molecular weight excluding hydrogens is 370 g/mol. The van der Waals surface area contributed by atoms with E-state index in [9.17, 15) is 4.79 Å². The van der Waals surface area contributed by atoms with E-state index in [-0.39, 0.29) is 11.7 Å². The third kappa shape index (κ3) is 2.95. The normalized spacial score (nSPS) is 11.9. The highest BCUT2D eigenvalue weighted by molar-refractivity contribution is 7.99. The number of hydrogen-bond acceptors (Lipinski definition) is 5. The number of aromatic nitrogens is 3. The zero-order valence-electron chi connectivity index (χ0n) is 14.7. The van der Waals surface area contributed by atoms with Crippen LogP contribution in [0.15, 0.2) is 71.2 Å². The van der Waals surface area contributed by atoms with Crippen molar-refractivity contribution in [3.8, 4) is 0 Å². The van der Waals surface area contributed by atoms with Gasteiger partial charge >= 0.3 is 0 Å². The molecule has 0 spiro atoms. The van der Waals surface area contributed by atoms with Gasteiger partial charge in [-0.1, -0.05) is 66.4 Å². The van der Waals surface area contributed by atoms with Crippen LogP contribution in [0, 0.1) is 0 Å². The molecule has 0 radical (unpaired) electrons. The Bertz CT molecular complexity index is 1300. The van der Waals surface area contributed by atoms with Gasteiger partial charge < -0.3 is 0 Å². The summed E-state index contributed by atoms with van der Waals surface area (Å²) in [6.45, 7) is 0. The number of carbonyl (C=O) groups is 1. The van der Waals surface area contributed by atoms with E-state index in [1.807, 2.05) is 6.07 Å². The van der Waals surface area contributed by atoms with Crippen LogP contribution in [0.1, 0.15) is 5.56 Å². The first kappa shape index (κ1) is 16.7. The van der Waals surface area contributed by atoms with Crippen LogP contribution in [-0.2, 0) is 4.79 Å². The van der Waals surface area contributed by atoms with E-state index in [0.717, 1.165) is 10.9 Å². The molecular formula is C21H15N5OS. The van der Waals surface area contributed by atoms with Crippen molar-refractivity contribution in [1.29, 1.82) is 0 Å². The topological polar surface area (TPSA) is 83.0 Å². The van der Waals surface area contributed by atoms with E-state index in [1.54, 1.807) is 6.21 Å². The van der Waals surface area contributed by atoms with Crippen molar-refractivity contribution in [2.75, 3.05) is 5.75 Å². The molecule has 28 heavy (non-hydrogen) atoms. The molecule has 1 aromatic heterocycles. The Balaban J connectivity index is 1.42. The molecule has 5 rings (SSSR count). The van der Waals surface area contributed by atoms with E-state index >= 15 is 0 Å². The molecule has 0 saturated heterocycles. The number of aromatic amines is 1. The van der Waals surface area contributed by atoms with Crippen molar-refractivity contribution in [3.63, 3.8) is 0 Å². The van der Waals surface area contributed by atoms with Gasteiger partial charge in [0.05, 0.1) is 12.0 Å². The average molecular weight is 385 g/mol. The predicted octanol–water partition coefficient (Wildman–Crippen LogP) is 3.94. The number of benzene rings is 4. The van der Waals surface area contributed by atoms with Crippen molar-refractivity contribution in [2.24, 2.45) is 5.10 Å². The third-order valence-electron chi connectivity index (χ3n) is 4.69. The van der Waals surface area contributed by atoms with Crippen LogP contribution < -0.4 is 5.43 Å². The average Bonchev–Trinajstić information content (AvgIpc) is 3.25.